The van der Waals surface area contributed by atoms with Crippen LogP contribution in [-0.4, -0.2) is 16.2 Å². The second-order valence-electron chi connectivity index (χ2n) is 2.39. The zero-order valence-corrected chi connectivity index (χ0v) is 9.59. The van der Waals surface area contributed by atoms with Crippen molar-refractivity contribution >= 4 is 37.8 Å². The third kappa shape index (κ3) is 2.22. The third-order valence-corrected chi connectivity index (χ3v) is 2.81. The van der Waals surface area contributed by atoms with E-state index in [2.05, 4.69) is 31.9 Å². The molecule has 0 fully saturated rings. The van der Waals surface area contributed by atoms with Crippen LogP contribution in [0.5, 0.6) is 5.75 Å². The van der Waals surface area contributed by atoms with E-state index >= 15 is 0 Å². The molecule has 13 heavy (non-hydrogen) atoms. The lowest BCUT2D eigenvalue weighted by Crippen LogP contribution is -2.01. The van der Waals surface area contributed by atoms with Gasteiger partial charge in [0.25, 0.3) is 0 Å². The van der Waals surface area contributed by atoms with Gasteiger partial charge in [0.1, 0.15) is 5.75 Å². The van der Waals surface area contributed by atoms with Gasteiger partial charge in [-0.2, -0.15) is 0 Å². The topological polar surface area (TPSA) is 57.5 Å². The first kappa shape index (κ1) is 10.5. The highest BCUT2D eigenvalue weighted by atomic mass is 79.9. The molecule has 3 nitrogen and oxygen atoms in total. The van der Waals surface area contributed by atoms with Gasteiger partial charge in [0.15, 0.2) is 0 Å². The van der Waals surface area contributed by atoms with E-state index < -0.39 is 5.97 Å². The van der Waals surface area contributed by atoms with E-state index in [0.29, 0.717) is 15.4 Å². The van der Waals surface area contributed by atoms with Crippen molar-refractivity contribution in [2.24, 2.45) is 0 Å². The van der Waals surface area contributed by atoms with Crippen molar-refractivity contribution in [3.05, 3.63) is 27.7 Å². The SMILES string of the molecule is O=C(O)c1cc(O)cc(Br)c1CBr. The lowest BCUT2D eigenvalue weighted by Gasteiger charge is -2.05. The number of rotatable bonds is 2. The van der Waals surface area contributed by atoms with Crippen LogP contribution >= 0.6 is 31.9 Å². The second-order valence-corrected chi connectivity index (χ2v) is 3.81. The van der Waals surface area contributed by atoms with E-state index in [9.17, 15) is 4.79 Å². The van der Waals surface area contributed by atoms with Crippen LogP contribution in [0.2, 0.25) is 0 Å². The number of aromatic hydroxyl groups is 1. The molecule has 70 valence electrons. The van der Waals surface area contributed by atoms with Gasteiger partial charge >= 0.3 is 5.97 Å². The summed E-state index contributed by atoms with van der Waals surface area (Å²) < 4.78 is 0.585. The first-order valence-corrected chi connectivity index (χ1v) is 5.28. The molecular formula is C8H6Br2O3. The summed E-state index contributed by atoms with van der Waals surface area (Å²) in [6.45, 7) is 0. The first-order valence-electron chi connectivity index (χ1n) is 3.37. The Morgan fingerprint density at radius 3 is 2.54 bits per heavy atom. The quantitative estimate of drug-likeness (QED) is 0.826. The van der Waals surface area contributed by atoms with Crippen LogP contribution in [0.25, 0.3) is 0 Å². The molecule has 0 aliphatic rings. The van der Waals surface area contributed by atoms with E-state index in [1.54, 1.807) is 0 Å². The smallest absolute Gasteiger partial charge is 0.336 e. The lowest BCUT2D eigenvalue weighted by atomic mass is 10.1. The van der Waals surface area contributed by atoms with Crippen LogP contribution < -0.4 is 0 Å². The molecule has 0 aliphatic heterocycles. The zero-order valence-electron chi connectivity index (χ0n) is 6.42. The molecule has 0 aliphatic carbocycles. The maximum absolute atomic E-state index is 10.7. The molecule has 1 aromatic rings. The molecule has 0 saturated carbocycles. The molecule has 0 bridgehead atoms. The fourth-order valence-electron chi connectivity index (χ4n) is 0.949. The summed E-state index contributed by atoms with van der Waals surface area (Å²) in [5.41, 5.74) is 0.717. The van der Waals surface area contributed by atoms with Crippen molar-refractivity contribution < 1.29 is 15.0 Å². The Hall–Kier alpha value is -0.550. The Labute approximate surface area is 91.6 Å². The molecule has 5 heteroatoms. The highest BCUT2D eigenvalue weighted by molar-refractivity contribution is 9.10. The maximum Gasteiger partial charge on any atom is 0.336 e. The molecule has 0 unspecified atom stereocenters. The van der Waals surface area contributed by atoms with Crippen LogP contribution in [0.3, 0.4) is 0 Å². The van der Waals surface area contributed by atoms with Gasteiger partial charge < -0.3 is 10.2 Å². The minimum atomic E-state index is -1.05. The number of hydrogen-bond acceptors (Lipinski definition) is 2. The number of benzene rings is 1. The minimum Gasteiger partial charge on any atom is -0.508 e. The first-order chi connectivity index (χ1) is 6.06. The largest absolute Gasteiger partial charge is 0.508 e. The predicted molar refractivity (Wildman–Crippen MR) is 55.4 cm³/mol. The average Bonchev–Trinajstić information content (AvgIpc) is 2.02. The van der Waals surface area contributed by atoms with Gasteiger partial charge in [0.2, 0.25) is 0 Å². The highest BCUT2D eigenvalue weighted by Gasteiger charge is 2.13. The summed E-state index contributed by atoms with van der Waals surface area (Å²) in [5, 5.41) is 18.4. The normalized spacial score (nSPS) is 10.0. The highest BCUT2D eigenvalue weighted by Crippen LogP contribution is 2.28. The number of carboxylic acids is 1. The van der Waals surface area contributed by atoms with Crippen LogP contribution in [0.15, 0.2) is 16.6 Å². The molecule has 0 aromatic heterocycles. The molecule has 1 rings (SSSR count). The molecule has 0 saturated heterocycles. The average molecular weight is 310 g/mol. The summed E-state index contributed by atoms with van der Waals surface area (Å²) in [6.07, 6.45) is 0. The van der Waals surface area contributed by atoms with E-state index in [1.165, 1.54) is 12.1 Å². The van der Waals surface area contributed by atoms with E-state index in [1.807, 2.05) is 0 Å². The third-order valence-electron chi connectivity index (χ3n) is 1.54. The van der Waals surface area contributed by atoms with Crippen molar-refractivity contribution in [3.63, 3.8) is 0 Å². The van der Waals surface area contributed by atoms with Gasteiger partial charge in [0, 0.05) is 9.80 Å². The summed E-state index contributed by atoms with van der Waals surface area (Å²) in [5.74, 6) is -1.11. The van der Waals surface area contributed by atoms with Crippen molar-refractivity contribution in [2.45, 2.75) is 5.33 Å². The van der Waals surface area contributed by atoms with Gasteiger partial charge in [-0.25, -0.2) is 4.79 Å². The Morgan fingerprint density at radius 2 is 2.08 bits per heavy atom. The van der Waals surface area contributed by atoms with Crippen LogP contribution in [0, 0.1) is 0 Å². The second kappa shape index (κ2) is 4.11. The predicted octanol–water partition coefficient (Wildman–Crippen LogP) is 2.75. The van der Waals surface area contributed by atoms with Gasteiger partial charge in [-0.1, -0.05) is 31.9 Å². The molecule has 0 radical (unpaired) electrons. The molecule has 0 heterocycles. The number of phenols is 1. The monoisotopic (exact) mass is 308 g/mol. The number of halogens is 2. The molecule has 2 N–H and O–H groups in total. The molecule has 0 atom stereocenters. The Morgan fingerprint density at radius 1 is 1.46 bits per heavy atom. The summed E-state index contributed by atoms with van der Waals surface area (Å²) in [6, 6.07) is 2.69. The van der Waals surface area contributed by atoms with Crippen molar-refractivity contribution in [2.75, 3.05) is 0 Å². The standard InChI is InChI=1S/C8H6Br2O3/c9-3-6-5(8(12)13)1-4(11)2-7(6)10/h1-2,11H,3H2,(H,12,13). The van der Waals surface area contributed by atoms with Crippen molar-refractivity contribution in [1.29, 1.82) is 0 Å². The Balaban J connectivity index is 3.38. The Bertz CT molecular complexity index is 349. The summed E-state index contributed by atoms with van der Waals surface area (Å²) in [7, 11) is 0. The number of hydrogen-bond donors (Lipinski definition) is 2. The number of carboxylic acid groups (broad SMARTS) is 1. The summed E-state index contributed by atoms with van der Waals surface area (Å²) in [4.78, 5) is 10.7. The number of phenolic OH excluding ortho intramolecular Hbond substituents is 1. The lowest BCUT2D eigenvalue weighted by molar-refractivity contribution is 0.0695. The maximum atomic E-state index is 10.7. The minimum absolute atomic E-state index is 0.0611. The van der Waals surface area contributed by atoms with Gasteiger partial charge in [-0.15, -0.1) is 0 Å². The molecular weight excluding hydrogens is 304 g/mol. The van der Waals surface area contributed by atoms with Crippen molar-refractivity contribution in [3.8, 4) is 5.75 Å². The van der Waals surface area contributed by atoms with Crippen LogP contribution in [0.4, 0.5) is 0 Å². The Kier molecular flexibility index (Phi) is 3.33. The number of alkyl halides is 1. The fraction of sp³-hybridized carbons (Fsp3) is 0.125. The van der Waals surface area contributed by atoms with E-state index in [4.69, 9.17) is 10.2 Å². The molecule has 0 amide bonds. The number of carbonyl (C=O) groups is 1. The zero-order chi connectivity index (χ0) is 10.0. The van der Waals surface area contributed by atoms with E-state index in [-0.39, 0.29) is 11.3 Å². The van der Waals surface area contributed by atoms with Crippen molar-refractivity contribution in [1.82, 2.24) is 0 Å². The van der Waals surface area contributed by atoms with Gasteiger partial charge in [-0.05, 0) is 17.7 Å². The fourth-order valence-corrected chi connectivity index (χ4v) is 2.52. The molecule has 0 spiro atoms. The van der Waals surface area contributed by atoms with Gasteiger partial charge in [0.05, 0.1) is 5.56 Å². The molecule has 1 aromatic carbocycles. The van der Waals surface area contributed by atoms with Crippen LogP contribution in [0.1, 0.15) is 15.9 Å². The van der Waals surface area contributed by atoms with Gasteiger partial charge in [-0.3, -0.25) is 0 Å². The summed E-state index contributed by atoms with van der Waals surface area (Å²) >= 11 is 6.35. The van der Waals surface area contributed by atoms with E-state index in [0.717, 1.165) is 0 Å². The van der Waals surface area contributed by atoms with Crippen LogP contribution in [-0.2, 0) is 5.33 Å². The number of aromatic carboxylic acids is 1.